The smallest absolute Gasteiger partial charge is 0.119 e. The minimum absolute atomic E-state index is 0.203. The molecule has 1 saturated heterocycles. The van der Waals surface area contributed by atoms with Gasteiger partial charge in [-0.1, -0.05) is 12.1 Å². The zero-order valence-electron chi connectivity index (χ0n) is 10.2. The number of likely N-dealkylation sites (tertiary alicyclic amines) is 1. The third kappa shape index (κ3) is 3.21. The average molecular weight is 230 g/mol. The fraction of sp³-hybridized carbons (Fsp3) is 0.500. The van der Waals surface area contributed by atoms with Gasteiger partial charge in [-0.2, -0.15) is 5.26 Å². The van der Waals surface area contributed by atoms with Crippen LogP contribution in [0.4, 0.5) is 0 Å². The molecular formula is C14H18N2O. The Kier molecular flexibility index (Phi) is 4.00. The summed E-state index contributed by atoms with van der Waals surface area (Å²) in [6.07, 6.45) is 2.17. The molecule has 0 bridgehead atoms. The second-order valence-electron chi connectivity index (χ2n) is 4.55. The van der Waals surface area contributed by atoms with E-state index in [1.165, 1.54) is 5.56 Å². The predicted octanol–water partition coefficient (Wildman–Crippen LogP) is 2.43. The van der Waals surface area contributed by atoms with Gasteiger partial charge in [0.25, 0.3) is 0 Å². The summed E-state index contributed by atoms with van der Waals surface area (Å²) in [7, 11) is 1.69. The van der Waals surface area contributed by atoms with Crippen molar-refractivity contribution >= 4 is 0 Å². The van der Waals surface area contributed by atoms with Crippen molar-refractivity contribution in [3.63, 3.8) is 0 Å². The largest absolute Gasteiger partial charge is 0.497 e. The Bertz CT molecular complexity index is 411. The Morgan fingerprint density at radius 1 is 1.53 bits per heavy atom. The number of piperidine rings is 1. The van der Waals surface area contributed by atoms with E-state index in [4.69, 9.17) is 10.00 Å². The molecule has 1 atom stereocenters. The molecule has 0 saturated carbocycles. The quantitative estimate of drug-likeness (QED) is 0.800. The lowest BCUT2D eigenvalue weighted by Gasteiger charge is -2.29. The molecule has 1 aromatic carbocycles. The topological polar surface area (TPSA) is 36.3 Å². The van der Waals surface area contributed by atoms with Crippen LogP contribution >= 0.6 is 0 Å². The maximum absolute atomic E-state index is 8.96. The first-order valence-electron chi connectivity index (χ1n) is 6.06. The lowest BCUT2D eigenvalue weighted by molar-refractivity contribution is 0.192. The van der Waals surface area contributed by atoms with Crippen LogP contribution in [-0.2, 0) is 6.54 Å². The summed E-state index contributed by atoms with van der Waals surface area (Å²) in [5.41, 5.74) is 1.25. The van der Waals surface area contributed by atoms with Crippen molar-refractivity contribution in [2.75, 3.05) is 20.2 Å². The number of ether oxygens (including phenoxy) is 1. The summed E-state index contributed by atoms with van der Waals surface area (Å²) in [6, 6.07) is 10.5. The first-order valence-corrected chi connectivity index (χ1v) is 6.06. The molecule has 3 heteroatoms. The highest BCUT2D eigenvalue weighted by Gasteiger charge is 2.19. The highest BCUT2D eigenvalue weighted by molar-refractivity contribution is 5.28. The number of nitrogens with zero attached hydrogens (tertiary/aromatic N) is 2. The van der Waals surface area contributed by atoms with Crippen LogP contribution < -0.4 is 4.74 Å². The monoisotopic (exact) mass is 230 g/mol. The lowest BCUT2D eigenvalue weighted by atomic mass is 9.99. The molecule has 3 nitrogen and oxygen atoms in total. The number of rotatable bonds is 3. The summed E-state index contributed by atoms with van der Waals surface area (Å²) in [5, 5.41) is 8.96. The minimum atomic E-state index is 0.203. The molecule has 17 heavy (non-hydrogen) atoms. The zero-order valence-corrected chi connectivity index (χ0v) is 10.2. The highest BCUT2D eigenvalue weighted by atomic mass is 16.5. The van der Waals surface area contributed by atoms with E-state index in [9.17, 15) is 0 Å². The van der Waals surface area contributed by atoms with Gasteiger partial charge in [0.15, 0.2) is 0 Å². The van der Waals surface area contributed by atoms with Gasteiger partial charge in [-0.3, -0.25) is 4.90 Å². The summed E-state index contributed by atoms with van der Waals surface area (Å²) >= 11 is 0. The summed E-state index contributed by atoms with van der Waals surface area (Å²) in [4.78, 5) is 2.35. The molecule has 1 fully saturated rings. The van der Waals surface area contributed by atoms with Crippen LogP contribution in [0.25, 0.3) is 0 Å². The molecule has 0 aromatic heterocycles. The van der Waals surface area contributed by atoms with E-state index in [1.54, 1.807) is 7.11 Å². The van der Waals surface area contributed by atoms with E-state index < -0.39 is 0 Å². The van der Waals surface area contributed by atoms with Gasteiger partial charge in [0.05, 0.1) is 19.1 Å². The molecule has 0 amide bonds. The number of hydrogen-bond donors (Lipinski definition) is 0. The minimum Gasteiger partial charge on any atom is -0.497 e. The predicted molar refractivity (Wildman–Crippen MR) is 66.6 cm³/mol. The highest BCUT2D eigenvalue weighted by Crippen LogP contribution is 2.19. The molecule has 1 aliphatic rings. The molecular weight excluding hydrogens is 212 g/mol. The van der Waals surface area contributed by atoms with Gasteiger partial charge < -0.3 is 4.74 Å². The number of methoxy groups -OCH3 is 1. The van der Waals surface area contributed by atoms with E-state index in [1.807, 2.05) is 12.1 Å². The summed E-state index contributed by atoms with van der Waals surface area (Å²) in [5.74, 6) is 1.10. The lowest BCUT2D eigenvalue weighted by Crippen LogP contribution is -2.34. The van der Waals surface area contributed by atoms with Crippen LogP contribution in [0.1, 0.15) is 18.4 Å². The van der Waals surface area contributed by atoms with Crippen molar-refractivity contribution in [3.8, 4) is 11.8 Å². The van der Waals surface area contributed by atoms with Crippen LogP contribution in [0.2, 0.25) is 0 Å². The average Bonchev–Trinajstić information content (AvgIpc) is 2.39. The van der Waals surface area contributed by atoms with Gasteiger partial charge in [0.2, 0.25) is 0 Å². The fourth-order valence-electron chi connectivity index (χ4n) is 2.33. The second-order valence-corrected chi connectivity index (χ2v) is 4.55. The molecule has 0 spiro atoms. The van der Waals surface area contributed by atoms with Gasteiger partial charge in [-0.25, -0.2) is 0 Å². The second kappa shape index (κ2) is 5.70. The van der Waals surface area contributed by atoms with Gasteiger partial charge in [-0.05, 0) is 37.1 Å². The molecule has 1 aliphatic heterocycles. The van der Waals surface area contributed by atoms with Crippen molar-refractivity contribution < 1.29 is 4.74 Å². The first kappa shape index (κ1) is 11.9. The normalized spacial score (nSPS) is 20.8. The van der Waals surface area contributed by atoms with Gasteiger partial charge in [0.1, 0.15) is 5.75 Å². The summed E-state index contributed by atoms with van der Waals surface area (Å²) < 4.78 is 5.22. The first-order chi connectivity index (χ1) is 8.31. The van der Waals surface area contributed by atoms with Gasteiger partial charge in [0, 0.05) is 13.1 Å². The number of benzene rings is 1. The van der Waals surface area contributed by atoms with Crippen molar-refractivity contribution in [3.05, 3.63) is 29.8 Å². The molecule has 2 rings (SSSR count). The van der Waals surface area contributed by atoms with Crippen molar-refractivity contribution in [1.29, 1.82) is 5.26 Å². The molecule has 1 heterocycles. The van der Waals surface area contributed by atoms with E-state index in [0.717, 1.165) is 38.2 Å². The zero-order chi connectivity index (χ0) is 12.1. The van der Waals surface area contributed by atoms with Crippen molar-refractivity contribution in [2.24, 2.45) is 5.92 Å². The third-order valence-electron chi connectivity index (χ3n) is 3.23. The van der Waals surface area contributed by atoms with Crippen LogP contribution in [0.3, 0.4) is 0 Å². The van der Waals surface area contributed by atoms with Gasteiger partial charge in [-0.15, -0.1) is 0 Å². The fourth-order valence-corrected chi connectivity index (χ4v) is 2.33. The van der Waals surface area contributed by atoms with Crippen molar-refractivity contribution in [1.82, 2.24) is 4.90 Å². The van der Waals surface area contributed by atoms with Crippen LogP contribution in [0, 0.1) is 17.2 Å². The molecule has 0 N–H and O–H groups in total. The van der Waals surface area contributed by atoms with E-state index in [2.05, 4.69) is 23.1 Å². The van der Waals surface area contributed by atoms with Crippen LogP contribution in [-0.4, -0.2) is 25.1 Å². The maximum Gasteiger partial charge on any atom is 0.119 e. The van der Waals surface area contributed by atoms with Gasteiger partial charge >= 0.3 is 0 Å². The van der Waals surface area contributed by atoms with Crippen molar-refractivity contribution in [2.45, 2.75) is 19.4 Å². The van der Waals surface area contributed by atoms with E-state index in [-0.39, 0.29) is 5.92 Å². The maximum atomic E-state index is 8.96. The molecule has 90 valence electrons. The Morgan fingerprint density at radius 2 is 2.41 bits per heavy atom. The van der Waals surface area contributed by atoms with E-state index >= 15 is 0 Å². The number of hydrogen-bond acceptors (Lipinski definition) is 3. The summed E-state index contributed by atoms with van der Waals surface area (Å²) in [6.45, 7) is 2.90. The standard InChI is InChI=1S/C14H18N2O/c1-17-14-6-2-4-12(8-14)10-16-7-3-5-13(9-15)11-16/h2,4,6,8,13H,3,5,7,10-11H2,1H3. The third-order valence-corrected chi connectivity index (χ3v) is 3.23. The molecule has 0 radical (unpaired) electrons. The Balaban J connectivity index is 1.98. The van der Waals surface area contributed by atoms with E-state index in [0.29, 0.717) is 0 Å². The SMILES string of the molecule is COc1cccc(CN2CCCC(C#N)C2)c1. The molecule has 0 aliphatic carbocycles. The molecule has 1 aromatic rings. The number of nitriles is 1. The Morgan fingerprint density at radius 3 is 3.18 bits per heavy atom. The Hall–Kier alpha value is -1.53. The molecule has 1 unspecified atom stereocenters. The van der Waals surface area contributed by atoms with Crippen LogP contribution in [0.15, 0.2) is 24.3 Å². The Labute approximate surface area is 103 Å². The van der Waals surface area contributed by atoms with Crippen LogP contribution in [0.5, 0.6) is 5.75 Å².